The van der Waals surface area contributed by atoms with Gasteiger partial charge in [-0.1, -0.05) is 23.5 Å². The molecule has 0 radical (unpaired) electrons. The van der Waals surface area contributed by atoms with Crippen LogP contribution < -0.4 is 5.32 Å². The Morgan fingerprint density at radius 1 is 1.24 bits per heavy atom. The third-order valence-electron chi connectivity index (χ3n) is 3.07. The van der Waals surface area contributed by atoms with Gasteiger partial charge in [0.2, 0.25) is 5.91 Å². The molecular formula is C16H10IN3O3S2. The molecule has 3 rings (SSSR count). The lowest BCUT2D eigenvalue weighted by molar-refractivity contribution is -0.380. The molecule has 0 bridgehead atoms. The number of thiazole rings is 1. The summed E-state index contributed by atoms with van der Waals surface area (Å²) in [6.07, 6.45) is 2.88. The van der Waals surface area contributed by atoms with E-state index in [4.69, 9.17) is 0 Å². The molecule has 9 heteroatoms. The molecule has 3 aromatic rings. The average Bonchev–Trinajstić information content (AvgIpc) is 3.23. The predicted molar refractivity (Wildman–Crippen MR) is 109 cm³/mol. The molecule has 0 fully saturated rings. The van der Waals surface area contributed by atoms with Crippen LogP contribution in [-0.4, -0.2) is 15.8 Å². The number of nitro groups is 1. The number of carbonyl (C=O) groups is 1. The Balaban J connectivity index is 1.64. The van der Waals surface area contributed by atoms with Crippen LogP contribution >= 0.6 is 45.3 Å². The lowest BCUT2D eigenvalue weighted by Crippen LogP contribution is -2.07. The van der Waals surface area contributed by atoms with Gasteiger partial charge in [-0.25, -0.2) is 4.98 Å². The standard InChI is InChI=1S/C16H10IN3O3S2/c17-11-3-1-10(2-4-11)13-9-24-16(18-13)19-14(21)7-5-12-6-8-15(25-12)20(22)23/h1-9H,(H,18,19,21)/b7-5+. The smallest absolute Gasteiger partial charge is 0.298 e. The van der Waals surface area contributed by atoms with Crippen molar-refractivity contribution in [3.8, 4) is 11.3 Å². The first-order chi connectivity index (χ1) is 12.0. The molecule has 0 aliphatic heterocycles. The van der Waals surface area contributed by atoms with Crippen LogP contribution in [0.3, 0.4) is 0 Å². The maximum atomic E-state index is 12.0. The number of hydrogen-bond donors (Lipinski definition) is 1. The fourth-order valence-corrected chi connectivity index (χ4v) is 3.73. The monoisotopic (exact) mass is 483 g/mol. The summed E-state index contributed by atoms with van der Waals surface area (Å²) in [5, 5.41) is 15.8. The molecule has 2 aromatic heterocycles. The number of rotatable bonds is 5. The van der Waals surface area contributed by atoms with Crippen molar-refractivity contribution in [2.75, 3.05) is 5.32 Å². The van der Waals surface area contributed by atoms with Crippen LogP contribution in [0.25, 0.3) is 17.3 Å². The molecule has 1 amide bonds. The van der Waals surface area contributed by atoms with E-state index < -0.39 is 4.92 Å². The Hall–Kier alpha value is -2.11. The van der Waals surface area contributed by atoms with E-state index in [2.05, 4.69) is 32.9 Å². The second-order valence-corrected chi connectivity index (χ2v) is 8.00. The lowest BCUT2D eigenvalue weighted by Gasteiger charge is -1.97. The number of nitrogens with zero attached hydrogens (tertiary/aromatic N) is 2. The number of halogens is 1. The quantitative estimate of drug-likeness (QED) is 0.239. The fraction of sp³-hybridized carbons (Fsp3) is 0. The molecule has 1 N–H and O–H groups in total. The number of hydrogen-bond acceptors (Lipinski definition) is 6. The van der Waals surface area contributed by atoms with Crippen molar-refractivity contribution in [2.45, 2.75) is 0 Å². The van der Waals surface area contributed by atoms with Crippen molar-refractivity contribution >= 4 is 67.4 Å². The second-order valence-electron chi connectivity index (χ2n) is 4.80. The number of thiophene rings is 1. The topological polar surface area (TPSA) is 85.1 Å². The Labute approximate surface area is 164 Å². The van der Waals surface area contributed by atoms with Crippen LogP contribution in [0.1, 0.15) is 4.88 Å². The lowest BCUT2D eigenvalue weighted by atomic mass is 10.2. The zero-order valence-electron chi connectivity index (χ0n) is 12.5. The van der Waals surface area contributed by atoms with Gasteiger partial charge in [0.05, 0.1) is 10.6 Å². The molecule has 25 heavy (non-hydrogen) atoms. The summed E-state index contributed by atoms with van der Waals surface area (Å²) >= 11 is 4.59. The summed E-state index contributed by atoms with van der Waals surface area (Å²) in [5.41, 5.74) is 1.79. The number of benzene rings is 1. The molecule has 2 heterocycles. The third-order valence-corrected chi connectivity index (χ3v) is 5.54. The number of carbonyl (C=O) groups excluding carboxylic acids is 1. The molecule has 126 valence electrons. The summed E-state index contributed by atoms with van der Waals surface area (Å²) in [6, 6.07) is 11.0. The normalized spacial score (nSPS) is 10.9. The van der Waals surface area contributed by atoms with Gasteiger partial charge in [0.25, 0.3) is 0 Å². The van der Waals surface area contributed by atoms with E-state index in [1.54, 1.807) is 12.1 Å². The zero-order valence-corrected chi connectivity index (χ0v) is 16.3. The van der Waals surface area contributed by atoms with Crippen molar-refractivity contribution < 1.29 is 9.72 Å². The molecule has 0 unspecified atom stereocenters. The largest absolute Gasteiger partial charge is 0.324 e. The van der Waals surface area contributed by atoms with Crippen molar-refractivity contribution in [3.63, 3.8) is 0 Å². The molecule has 0 saturated heterocycles. The number of aromatic nitrogens is 1. The van der Waals surface area contributed by atoms with Crippen molar-refractivity contribution in [2.24, 2.45) is 0 Å². The van der Waals surface area contributed by atoms with Gasteiger partial charge in [0.15, 0.2) is 5.13 Å². The third kappa shape index (κ3) is 4.71. The predicted octanol–water partition coefficient (Wildman–Crippen LogP) is 5.04. The van der Waals surface area contributed by atoms with E-state index in [9.17, 15) is 14.9 Å². The highest BCUT2D eigenvalue weighted by Crippen LogP contribution is 2.26. The van der Waals surface area contributed by atoms with Gasteiger partial charge in [-0.15, -0.1) is 11.3 Å². The number of anilines is 1. The molecule has 6 nitrogen and oxygen atoms in total. The summed E-state index contributed by atoms with van der Waals surface area (Å²) in [5.74, 6) is -0.334. The molecular weight excluding hydrogens is 473 g/mol. The van der Waals surface area contributed by atoms with E-state index in [-0.39, 0.29) is 10.9 Å². The fourth-order valence-electron chi connectivity index (χ4n) is 1.92. The Morgan fingerprint density at radius 3 is 2.68 bits per heavy atom. The maximum Gasteiger partial charge on any atom is 0.324 e. The molecule has 1 aromatic carbocycles. The first-order valence-corrected chi connectivity index (χ1v) is 9.73. The van der Waals surface area contributed by atoms with E-state index in [0.717, 1.165) is 26.2 Å². The Kier molecular flexibility index (Phi) is 5.56. The number of amides is 1. The van der Waals surface area contributed by atoms with Crippen LogP contribution in [0, 0.1) is 13.7 Å². The van der Waals surface area contributed by atoms with Crippen LogP contribution in [0.15, 0.2) is 47.9 Å². The van der Waals surface area contributed by atoms with Crippen LogP contribution in [0.4, 0.5) is 10.1 Å². The minimum Gasteiger partial charge on any atom is -0.298 e. The van der Waals surface area contributed by atoms with E-state index in [1.807, 2.05) is 29.6 Å². The van der Waals surface area contributed by atoms with Crippen molar-refractivity contribution in [3.05, 3.63) is 66.4 Å². The van der Waals surface area contributed by atoms with Gasteiger partial charge in [-0.3, -0.25) is 20.2 Å². The van der Waals surface area contributed by atoms with Gasteiger partial charge in [0.1, 0.15) is 0 Å². The first kappa shape index (κ1) is 17.7. The summed E-state index contributed by atoms with van der Waals surface area (Å²) in [4.78, 5) is 27.2. The van der Waals surface area contributed by atoms with Crippen molar-refractivity contribution in [1.29, 1.82) is 0 Å². The summed E-state index contributed by atoms with van der Waals surface area (Å²) < 4.78 is 1.14. The molecule has 0 aliphatic rings. The van der Waals surface area contributed by atoms with Crippen LogP contribution in [0.2, 0.25) is 0 Å². The highest BCUT2D eigenvalue weighted by Gasteiger charge is 2.09. The zero-order chi connectivity index (χ0) is 17.8. The summed E-state index contributed by atoms with van der Waals surface area (Å²) in [6.45, 7) is 0. The van der Waals surface area contributed by atoms with Crippen LogP contribution in [-0.2, 0) is 4.79 Å². The van der Waals surface area contributed by atoms with Gasteiger partial charge in [0, 0.05) is 31.5 Å². The average molecular weight is 483 g/mol. The van der Waals surface area contributed by atoms with Crippen LogP contribution in [0.5, 0.6) is 0 Å². The van der Waals surface area contributed by atoms with E-state index in [0.29, 0.717) is 10.0 Å². The van der Waals surface area contributed by atoms with Gasteiger partial charge < -0.3 is 0 Å². The maximum absolute atomic E-state index is 12.0. The van der Waals surface area contributed by atoms with Gasteiger partial charge in [-0.05, 0) is 46.9 Å². The molecule has 0 aliphatic carbocycles. The highest BCUT2D eigenvalue weighted by atomic mass is 127. The van der Waals surface area contributed by atoms with Crippen molar-refractivity contribution in [1.82, 2.24) is 4.98 Å². The Morgan fingerprint density at radius 2 is 2.00 bits per heavy atom. The first-order valence-electron chi connectivity index (χ1n) is 6.96. The van der Waals surface area contributed by atoms with Gasteiger partial charge in [-0.2, -0.15) is 0 Å². The van der Waals surface area contributed by atoms with E-state index >= 15 is 0 Å². The number of nitrogens with one attached hydrogen (secondary N) is 1. The molecule has 0 saturated carbocycles. The minimum absolute atomic E-state index is 0.0437. The molecule has 0 atom stereocenters. The molecule has 0 spiro atoms. The Bertz CT molecular complexity index is 948. The minimum atomic E-state index is -0.455. The second kappa shape index (κ2) is 7.85. The summed E-state index contributed by atoms with van der Waals surface area (Å²) in [7, 11) is 0. The SMILES string of the molecule is O=C(/C=C/c1ccc([N+](=O)[O-])s1)Nc1nc(-c2ccc(I)cc2)cs1. The highest BCUT2D eigenvalue weighted by molar-refractivity contribution is 14.1. The van der Waals surface area contributed by atoms with E-state index in [1.165, 1.54) is 23.5 Å². The van der Waals surface area contributed by atoms with Gasteiger partial charge >= 0.3 is 5.00 Å².